The van der Waals surface area contributed by atoms with E-state index in [1.54, 1.807) is 46.7 Å². The number of amides is 2. The van der Waals surface area contributed by atoms with Gasteiger partial charge in [0.2, 0.25) is 0 Å². The predicted molar refractivity (Wildman–Crippen MR) is 107 cm³/mol. The molecule has 0 saturated carbocycles. The summed E-state index contributed by atoms with van der Waals surface area (Å²) in [6.07, 6.45) is 3.18. The lowest BCUT2D eigenvalue weighted by Gasteiger charge is -2.35. The van der Waals surface area contributed by atoms with Crippen molar-refractivity contribution in [3.63, 3.8) is 0 Å². The zero-order valence-electron chi connectivity index (χ0n) is 15.2. The van der Waals surface area contributed by atoms with E-state index in [2.05, 4.69) is 10.3 Å². The maximum absolute atomic E-state index is 12.7. The fourth-order valence-corrected chi connectivity index (χ4v) is 3.82. The second-order valence-corrected chi connectivity index (χ2v) is 7.43. The van der Waals surface area contributed by atoms with Crippen molar-refractivity contribution in [2.45, 2.75) is 6.54 Å². The number of pyridine rings is 1. The molecule has 3 aromatic rings. The molecule has 2 amide bonds. The number of aromatic nitrogens is 1. The van der Waals surface area contributed by atoms with Crippen LogP contribution >= 0.6 is 11.3 Å². The zero-order chi connectivity index (χ0) is 19.3. The van der Waals surface area contributed by atoms with Gasteiger partial charge in [0.1, 0.15) is 5.82 Å². The number of nitrogens with zero attached hydrogens (tertiary/aromatic N) is 3. The molecule has 0 aromatic carbocycles. The first kappa shape index (κ1) is 18.2. The first-order valence-electron chi connectivity index (χ1n) is 9.05. The summed E-state index contributed by atoms with van der Waals surface area (Å²) >= 11 is 1.61. The van der Waals surface area contributed by atoms with Crippen LogP contribution in [-0.4, -0.2) is 47.9 Å². The molecular weight excluding hydrogens is 376 g/mol. The van der Waals surface area contributed by atoms with Gasteiger partial charge >= 0.3 is 0 Å². The molecule has 4 rings (SSSR count). The number of carbonyl (C=O) groups excluding carboxylic acids is 2. The third kappa shape index (κ3) is 3.91. The van der Waals surface area contributed by atoms with Crippen LogP contribution in [0.1, 0.15) is 25.8 Å². The lowest BCUT2D eigenvalue weighted by Crippen LogP contribution is -2.49. The van der Waals surface area contributed by atoms with Crippen molar-refractivity contribution in [1.29, 1.82) is 0 Å². The molecule has 1 aliphatic heterocycles. The molecule has 0 radical (unpaired) electrons. The third-order valence-electron chi connectivity index (χ3n) is 4.63. The summed E-state index contributed by atoms with van der Waals surface area (Å²) in [5.41, 5.74) is 0.546. The van der Waals surface area contributed by atoms with Crippen LogP contribution in [0.15, 0.2) is 58.7 Å². The molecule has 144 valence electrons. The molecule has 4 heterocycles. The van der Waals surface area contributed by atoms with Gasteiger partial charge in [0, 0.05) is 37.3 Å². The summed E-state index contributed by atoms with van der Waals surface area (Å²) in [6, 6.07) is 10.9. The standard InChI is InChI=1S/C20H20N4O3S/c25-19(22-14-15-4-3-13-28-15)16-5-1-7-21-18(16)23-8-10-24(11-9-23)20(26)17-6-2-12-27-17/h1-7,12-13H,8-11,14H2,(H,22,25). The second-order valence-electron chi connectivity index (χ2n) is 6.39. The zero-order valence-corrected chi connectivity index (χ0v) is 16.0. The lowest BCUT2D eigenvalue weighted by molar-refractivity contribution is 0.0713. The van der Waals surface area contributed by atoms with E-state index in [0.717, 1.165) is 4.88 Å². The van der Waals surface area contributed by atoms with Crippen LogP contribution < -0.4 is 10.2 Å². The van der Waals surface area contributed by atoms with Gasteiger partial charge in [-0.15, -0.1) is 11.3 Å². The van der Waals surface area contributed by atoms with Crippen LogP contribution in [0, 0.1) is 0 Å². The van der Waals surface area contributed by atoms with Crippen molar-refractivity contribution >= 4 is 29.0 Å². The topological polar surface area (TPSA) is 78.7 Å². The van der Waals surface area contributed by atoms with Crippen LogP contribution in [0.2, 0.25) is 0 Å². The Labute approximate surface area is 166 Å². The maximum Gasteiger partial charge on any atom is 0.289 e. The molecule has 0 aliphatic carbocycles. The summed E-state index contributed by atoms with van der Waals surface area (Å²) in [6.45, 7) is 2.80. The SMILES string of the molecule is O=C(NCc1cccs1)c1cccnc1N1CCN(C(=O)c2ccco2)CC1. The highest BCUT2D eigenvalue weighted by Crippen LogP contribution is 2.20. The van der Waals surface area contributed by atoms with Gasteiger partial charge < -0.3 is 19.5 Å². The monoisotopic (exact) mass is 396 g/mol. The Morgan fingerprint density at radius 1 is 1.11 bits per heavy atom. The highest BCUT2D eigenvalue weighted by molar-refractivity contribution is 7.09. The van der Waals surface area contributed by atoms with Crippen molar-refractivity contribution in [3.8, 4) is 0 Å². The minimum absolute atomic E-state index is 0.111. The van der Waals surface area contributed by atoms with Crippen LogP contribution in [0.5, 0.6) is 0 Å². The van der Waals surface area contributed by atoms with E-state index in [4.69, 9.17) is 4.42 Å². The number of furan rings is 1. The number of carbonyl (C=O) groups is 2. The van der Waals surface area contributed by atoms with Crippen molar-refractivity contribution in [1.82, 2.24) is 15.2 Å². The van der Waals surface area contributed by atoms with E-state index >= 15 is 0 Å². The minimum Gasteiger partial charge on any atom is -0.459 e. The Morgan fingerprint density at radius 3 is 2.68 bits per heavy atom. The Bertz CT molecular complexity index is 932. The van der Waals surface area contributed by atoms with Crippen LogP contribution in [0.3, 0.4) is 0 Å². The van der Waals surface area contributed by atoms with Gasteiger partial charge in [0.25, 0.3) is 11.8 Å². The van der Waals surface area contributed by atoms with E-state index in [-0.39, 0.29) is 11.8 Å². The average molecular weight is 396 g/mol. The van der Waals surface area contributed by atoms with Gasteiger partial charge in [-0.25, -0.2) is 4.98 Å². The van der Waals surface area contributed by atoms with Gasteiger partial charge in [-0.3, -0.25) is 9.59 Å². The van der Waals surface area contributed by atoms with Crippen LogP contribution in [0.25, 0.3) is 0 Å². The number of anilines is 1. The van der Waals surface area contributed by atoms with Crippen LogP contribution in [-0.2, 0) is 6.54 Å². The third-order valence-corrected chi connectivity index (χ3v) is 5.51. The first-order chi connectivity index (χ1) is 13.7. The number of hydrogen-bond acceptors (Lipinski definition) is 6. The van der Waals surface area contributed by atoms with Gasteiger partial charge in [-0.1, -0.05) is 6.07 Å². The molecule has 28 heavy (non-hydrogen) atoms. The molecule has 0 bridgehead atoms. The minimum atomic E-state index is -0.148. The summed E-state index contributed by atoms with van der Waals surface area (Å²) in [4.78, 5) is 34.4. The highest BCUT2D eigenvalue weighted by Gasteiger charge is 2.26. The Kier molecular flexibility index (Phi) is 5.38. The maximum atomic E-state index is 12.7. The molecule has 0 unspecified atom stereocenters. The molecule has 1 saturated heterocycles. The van der Waals surface area contributed by atoms with Gasteiger partial charge in [0.05, 0.1) is 18.4 Å². The normalized spacial score (nSPS) is 14.1. The molecule has 7 nitrogen and oxygen atoms in total. The summed E-state index contributed by atoms with van der Waals surface area (Å²) in [5.74, 6) is 0.737. The van der Waals surface area contributed by atoms with E-state index in [1.165, 1.54) is 6.26 Å². The highest BCUT2D eigenvalue weighted by atomic mass is 32.1. The lowest BCUT2D eigenvalue weighted by atomic mass is 10.2. The van der Waals surface area contributed by atoms with E-state index in [0.29, 0.717) is 49.9 Å². The van der Waals surface area contributed by atoms with E-state index < -0.39 is 0 Å². The molecule has 3 aromatic heterocycles. The number of hydrogen-bond donors (Lipinski definition) is 1. The molecule has 0 atom stereocenters. The smallest absolute Gasteiger partial charge is 0.289 e. The van der Waals surface area contributed by atoms with Gasteiger partial charge in [-0.05, 0) is 35.7 Å². The van der Waals surface area contributed by atoms with Gasteiger partial charge in [0.15, 0.2) is 5.76 Å². The Hall–Kier alpha value is -3.13. The summed E-state index contributed by atoms with van der Waals surface area (Å²) in [7, 11) is 0. The molecule has 0 spiro atoms. The fourth-order valence-electron chi connectivity index (χ4n) is 3.18. The predicted octanol–water partition coefficient (Wildman–Crippen LogP) is 2.63. The Morgan fingerprint density at radius 2 is 1.96 bits per heavy atom. The first-order valence-corrected chi connectivity index (χ1v) is 9.93. The van der Waals surface area contributed by atoms with Crippen molar-refractivity contribution < 1.29 is 14.0 Å². The number of rotatable bonds is 5. The molecular formula is C20H20N4O3S. The van der Waals surface area contributed by atoms with E-state index in [1.807, 2.05) is 22.4 Å². The Balaban J connectivity index is 1.41. The molecule has 8 heteroatoms. The van der Waals surface area contributed by atoms with E-state index in [9.17, 15) is 9.59 Å². The second kappa shape index (κ2) is 8.26. The fraction of sp³-hybridized carbons (Fsp3) is 0.250. The van der Waals surface area contributed by atoms with Crippen molar-refractivity contribution in [2.24, 2.45) is 0 Å². The number of nitrogens with one attached hydrogen (secondary N) is 1. The number of piperazine rings is 1. The van der Waals surface area contributed by atoms with Crippen molar-refractivity contribution in [3.05, 3.63) is 70.4 Å². The average Bonchev–Trinajstić information content (AvgIpc) is 3.46. The summed E-state index contributed by atoms with van der Waals surface area (Å²) in [5, 5.41) is 4.94. The van der Waals surface area contributed by atoms with Crippen molar-refractivity contribution in [2.75, 3.05) is 31.1 Å². The quantitative estimate of drug-likeness (QED) is 0.717. The molecule has 1 aliphatic rings. The van der Waals surface area contributed by atoms with Gasteiger partial charge in [-0.2, -0.15) is 0 Å². The molecule has 1 fully saturated rings. The molecule has 1 N–H and O–H groups in total. The number of thiophene rings is 1. The van der Waals surface area contributed by atoms with Crippen LogP contribution in [0.4, 0.5) is 5.82 Å². The summed E-state index contributed by atoms with van der Waals surface area (Å²) < 4.78 is 5.20. The largest absolute Gasteiger partial charge is 0.459 e.